The van der Waals surface area contributed by atoms with Gasteiger partial charge < -0.3 is 10.5 Å². The first-order chi connectivity index (χ1) is 8.67. The molecule has 0 aliphatic heterocycles. The molecule has 0 bridgehead atoms. The van der Waals surface area contributed by atoms with E-state index in [0.717, 1.165) is 18.7 Å². The number of hydrogen-bond donors (Lipinski definition) is 1. The van der Waals surface area contributed by atoms with Crippen molar-refractivity contribution in [3.05, 3.63) is 35.4 Å². The summed E-state index contributed by atoms with van der Waals surface area (Å²) in [6.07, 6.45) is 0. The van der Waals surface area contributed by atoms with Crippen LogP contribution in [0.4, 0.5) is 0 Å². The summed E-state index contributed by atoms with van der Waals surface area (Å²) in [6, 6.07) is 8.69. The fourth-order valence-electron chi connectivity index (χ4n) is 1.66. The molecule has 0 amide bonds. The zero-order valence-electron chi connectivity index (χ0n) is 11.4. The van der Waals surface area contributed by atoms with Gasteiger partial charge in [-0.3, -0.25) is 4.90 Å². The number of likely N-dealkylation sites (N-methyl/N-ethyl adjacent to an activating group) is 1. The van der Waals surface area contributed by atoms with E-state index in [4.69, 9.17) is 10.5 Å². The Morgan fingerprint density at radius 1 is 1.33 bits per heavy atom. The molecule has 3 heteroatoms. The summed E-state index contributed by atoms with van der Waals surface area (Å²) >= 11 is 0. The number of benzene rings is 1. The van der Waals surface area contributed by atoms with Gasteiger partial charge in [-0.05, 0) is 31.7 Å². The normalized spacial score (nSPS) is 12.1. The lowest BCUT2D eigenvalue weighted by Crippen LogP contribution is -2.32. The molecule has 2 N–H and O–H groups in total. The van der Waals surface area contributed by atoms with E-state index in [-0.39, 0.29) is 0 Å². The second-order valence-corrected chi connectivity index (χ2v) is 4.42. The molecule has 3 nitrogen and oxygen atoms in total. The zero-order valence-corrected chi connectivity index (χ0v) is 11.4. The highest BCUT2D eigenvalue weighted by atomic mass is 16.5. The van der Waals surface area contributed by atoms with Crippen LogP contribution in [-0.2, 0) is 11.3 Å². The van der Waals surface area contributed by atoms with Crippen molar-refractivity contribution in [3.8, 4) is 11.8 Å². The molecule has 0 heterocycles. The molecule has 0 aliphatic carbocycles. The van der Waals surface area contributed by atoms with E-state index in [0.29, 0.717) is 12.6 Å². The maximum absolute atomic E-state index is 5.34. The van der Waals surface area contributed by atoms with Crippen LogP contribution in [0.2, 0.25) is 0 Å². The van der Waals surface area contributed by atoms with Crippen molar-refractivity contribution in [1.82, 2.24) is 4.90 Å². The minimum absolute atomic E-state index is 0.402. The molecule has 1 rings (SSSR count). The maximum atomic E-state index is 5.34. The van der Waals surface area contributed by atoms with Crippen LogP contribution in [0.1, 0.15) is 18.1 Å². The summed E-state index contributed by atoms with van der Waals surface area (Å²) in [5, 5.41) is 0. The number of nitrogens with two attached hydrogens (primary N) is 1. The van der Waals surface area contributed by atoms with Gasteiger partial charge in [0.2, 0.25) is 0 Å². The topological polar surface area (TPSA) is 38.5 Å². The van der Waals surface area contributed by atoms with Crippen LogP contribution in [0.15, 0.2) is 24.3 Å². The minimum Gasteiger partial charge on any atom is -0.383 e. The molecule has 0 fully saturated rings. The summed E-state index contributed by atoms with van der Waals surface area (Å²) in [5.74, 6) is 5.87. The Kier molecular flexibility index (Phi) is 6.45. The number of methoxy groups -OCH3 is 1. The van der Waals surface area contributed by atoms with Crippen molar-refractivity contribution in [3.63, 3.8) is 0 Å². The van der Waals surface area contributed by atoms with Crippen molar-refractivity contribution < 1.29 is 4.74 Å². The molecular weight excluding hydrogens is 224 g/mol. The van der Waals surface area contributed by atoms with Crippen molar-refractivity contribution in [1.29, 1.82) is 0 Å². The lowest BCUT2D eigenvalue weighted by molar-refractivity contribution is 0.112. The number of rotatable bonds is 5. The Hall–Kier alpha value is -1.34. The van der Waals surface area contributed by atoms with Gasteiger partial charge in [0.25, 0.3) is 0 Å². The second kappa shape index (κ2) is 7.88. The Bertz CT molecular complexity index is 403. The van der Waals surface area contributed by atoms with Crippen LogP contribution in [-0.4, -0.2) is 38.3 Å². The third-order valence-corrected chi connectivity index (χ3v) is 2.88. The van der Waals surface area contributed by atoms with Gasteiger partial charge in [0.1, 0.15) is 0 Å². The third-order valence-electron chi connectivity index (χ3n) is 2.88. The van der Waals surface area contributed by atoms with Crippen LogP contribution in [0.5, 0.6) is 0 Å². The first kappa shape index (κ1) is 14.7. The van der Waals surface area contributed by atoms with E-state index in [1.165, 1.54) is 5.56 Å². The van der Waals surface area contributed by atoms with Gasteiger partial charge in [-0.2, -0.15) is 0 Å². The second-order valence-electron chi connectivity index (χ2n) is 4.42. The van der Waals surface area contributed by atoms with Gasteiger partial charge in [-0.15, -0.1) is 0 Å². The average Bonchev–Trinajstić information content (AvgIpc) is 2.38. The van der Waals surface area contributed by atoms with Crippen LogP contribution in [0.3, 0.4) is 0 Å². The Labute approximate surface area is 110 Å². The molecule has 1 unspecified atom stereocenters. The SMILES string of the molecule is COCC(C)N(C)Cc1ccc(C#CCN)cc1. The van der Waals surface area contributed by atoms with Gasteiger partial charge in [0.15, 0.2) is 0 Å². The summed E-state index contributed by atoms with van der Waals surface area (Å²) in [5.41, 5.74) is 7.63. The van der Waals surface area contributed by atoms with Gasteiger partial charge in [0.05, 0.1) is 13.2 Å². The predicted octanol–water partition coefficient (Wildman–Crippen LogP) is 1.46. The Balaban J connectivity index is 2.58. The molecular formula is C15H22N2O. The van der Waals surface area contributed by atoms with E-state index in [9.17, 15) is 0 Å². The molecule has 1 atom stereocenters. The zero-order chi connectivity index (χ0) is 13.4. The summed E-state index contributed by atoms with van der Waals surface area (Å²) < 4.78 is 5.15. The first-order valence-electron chi connectivity index (χ1n) is 6.14. The van der Waals surface area contributed by atoms with Crippen molar-refractivity contribution in [2.75, 3.05) is 27.3 Å². The number of nitrogens with zero attached hydrogens (tertiary/aromatic N) is 1. The van der Waals surface area contributed by atoms with Gasteiger partial charge >= 0.3 is 0 Å². The number of ether oxygens (including phenoxy) is 1. The molecule has 0 saturated heterocycles. The van der Waals surface area contributed by atoms with E-state index in [1.807, 2.05) is 12.1 Å². The van der Waals surface area contributed by atoms with Crippen LogP contribution in [0.25, 0.3) is 0 Å². The van der Waals surface area contributed by atoms with E-state index < -0.39 is 0 Å². The van der Waals surface area contributed by atoms with E-state index in [2.05, 4.69) is 42.8 Å². The van der Waals surface area contributed by atoms with Crippen LogP contribution in [0, 0.1) is 11.8 Å². The first-order valence-corrected chi connectivity index (χ1v) is 6.14. The van der Waals surface area contributed by atoms with E-state index in [1.54, 1.807) is 7.11 Å². The monoisotopic (exact) mass is 246 g/mol. The third kappa shape index (κ3) is 4.89. The Morgan fingerprint density at radius 2 is 2.00 bits per heavy atom. The van der Waals surface area contributed by atoms with Crippen LogP contribution < -0.4 is 5.73 Å². The highest BCUT2D eigenvalue weighted by Gasteiger charge is 2.08. The maximum Gasteiger partial charge on any atom is 0.0615 e. The molecule has 0 saturated carbocycles. The molecule has 98 valence electrons. The summed E-state index contributed by atoms with van der Waals surface area (Å²) in [4.78, 5) is 2.27. The van der Waals surface area contributed by atoms with Crippen LogP contribution >= 0.6 is 0 Å². The molecule has 0 aromatic heterocycles. The average molecular weight is 246 g/mol. The summed E-state index contributed by atoms with van der Waals surface area (Å²) in [6.45, 7) is 4.22. The number of hydrogen-bond acceptors (Lipinski definition) is 3. The fourth-order valence-corrected chi connectivity index (χ4v) is 1.66. The largest absolute Gasteiger partial charge is 0.383 e. The van der Waals surface area contributed by atoms with Gasteiger partial charge in [-0.25, -0.2) is 0 Å². The van der Waals surface area contributed by atoms with E-state index >= 15 is 0 Å². The van der Waals surface area contributed by atoms with Gasteiger partial charge in [-0.1, -0.05) is 24.0 Å². The van der Waals surface area contributed by atoms with Crippen molar-refractivity contribution in [2.45, 2.75) is 19.5 Å². The molecule has 0 spiro atoms. The Morgan fingerprint density at radius 3 is 2.56 bits per heavy atom. The molecule has 18 heavy (non-hydrogen) atoms. The highest BCUT2D eigenvalue weighted by Crippen LogP contribution is 2.08. The fraction of sp³-hybridized carbons (Fsp3) is 0.467. The van der Waals surface area contributed by atoms with Crippen molar-refractivity contribution in [2.24, 2.45) is 5.73 Å². The van der Waals surface area contributed by atoms with Gasteiger partial charge in [0, 0.05) is 25.3 Å². The molecule has 0 radical (unpaired) electrons. The lowest BCUT2D eigenvalue weighted by Gasteiger charge is -2.23. The standard InChI is InChI=1S/C15H22N2O/c1-13(12-18-3)17(2)11-15-8-6-14(7-9-15)5-4-10-16/h6-9,13H,10-12,16H2,1-3H3. The smallest absolute Gasteiger partial charge is 0.0615 e. The highest BCUT2D eigenvalue weighted by molar-refractivity contribution is 5.36. The predicted molar refractivity (Wildman–Crippen MR) is 75.2 cm³/mol. The summed E-state index contributed by atoms with van der Waals surface area (Å²) in [7, 11) is 3.83. The lowest BCUT2D eigenvalue weighted by atomic mass is 10.1. The molecule has 1 aromatic carbocycles. The quantitative estimate of drug-likeness (QED) is 0.800. The van der Waals surface area contributed by atoms with Crippen molar-refractivity contribution >= 4 is 0 Å². The minimum atomic E-state index is 0.402. The molecule has 1 aromatic rings. The molecule has 0 aliphatic rings.